The fourth-order valence-electron chi connectivity index (χ4n) is 2.02. The Balaban J connectivity index is 1.96. The first-order valence-electron chi connectivity index (χ1n) is 5.63. The molecule has 4 nitrogen and oxygen atoms in total. The molecule has 84 valence electrons. The van der Waals surface area contributed by atoms with Gasteiger partial charge in [0.15, 0.2) is 5.89 Å². The first kappa shape index (κ1) is 10.6. The molecule has 0 unspecified atom stereocenters. The number of hydrogen-bond acceptors (Lipinski definition) is 4. The minimum atomic E-state index is 0.507. The molecule has 15 heavy (non-hydrogen) atoms. The van der Waals surface area contributed by atoms with E-state index in [0.717, 1.165) is 44.0 Å². The average Bonchev–Trinajstić information content (AvgIpc) is 2.68. The topological polar surface area (TPSA) is 55.3 Å². The van der Waals surface area contributed by atoms with E-state index in [1.165, 1.54) is 0 Å². The van der Waals surface area contributed by atoms with Gasteiger partial charge in [0.2, 0.25) is 0 Å². The van der Waals surface area contributed by atoms with E-state index in [0.29, 0.717) is 12.5 Å². The highest BCUT2D eigenvalue weighted by Crippen LogP contribution is 2.26. The molecule has 0 spiro atoms. The predicted molar refractivity (Wildman–Crippen MR) is 58.7 cm³/mol. The van der Waals surface area contributed by atoms with Crippen LogP contribution in [0, 0.1) is 0 Å². The van der Waals surface area contributed by atoms with Crippen molar-refractivity contribution in [3.8, 4) is 0 Å². The number of piperidine rings is 1. The highest BCUT2D eigenvalue weighted by molar-refractivity contribution is 5.00. The lowest BCUT2D eigenvalue weighted by Crippen LogP contribution is -2.29. The van der Waals surface area contributed by atoms with Crippen molar-refractivity contribution in [3.63, 3.8) is 0 Å². The van der Waals surface area contributed by atoms with Gasteiger partial charge >= 0.3 is 0 Å². The molecule has 1 aliphatic heterocycles. The number of nitrogens with two attached hydrogens (primary N) is 1. The van der Waals surface area contributed by atoms with E-state index in [-0.39, 0.29) is 0 Å². The Labute approximate surface area is 90.5 Å². The SMILES string of the molecule is CN1CCC(c2ncc(CCN)o2)CC1. The van der Waals surface area contributed by atoms with E-state index in [1.54, 1.807) is 0 Å². The summed E-state index contributed by atoms with van der Waals surface area (Å²) in [6, 6.07) is 0. The first-order chi connectivity index (χ1) is 7.29. The van der Waals surface area contributed by atoms with Crippen LogP contribution in [-0.4, -0.2) is 36.6 Å². The zero-order valence-corrected chi connectivity index (χ0v) is 9.28. The van der Waals surface area contributed by atoms with Crippen LogP contribution >= 0.6 is 0 Å². The number of likely N-dealkylation sites (tertiary alicyclic amines) is 1. The van der Waals surface area contributed by atoms with Crippen molar-refractivity contribution in [1.29, 1.82) is 0 Å². The molecule has 0 radical (unpaired) electrons. The molecule has 1 fully saturated rings. The zero-order valence-electron chi connectivity index (χ0n) is 9.28. The smallest absolute Gasteiger partial charge is 0.197 e. The minimum Gasteiger partial charge on any atom is -0.445 e. The highest BCUT2D eigenvalue weighted by atomic mass is 16.4. The molecule has 0 amide bonds. The number of aromatic nitrogens is 1. The van der Waals surface area contributed by atoms with Gasteiger partial charge in [-0.25, -0.2) is 4.98 Å². The summed E-state index contributed by atoms with van der Waals surface area (Å²) in [5.74, 6) is 2.34. The molecule has 2 N–H and O–H groups in total. The molecule has 0 atom stereocenters. The van der Waals surface area contributed by atoms with Crippen LogP contribution in [0.2, 0.25) is 0 Å². The number of hydrogen-bond donors (Lipinski definition) is 1. The lowest BCUT2D eigenvalue weighted by Gasteiger charge is -2.26. The normalized spacial score (nSPS) is 19.6. The van der Waals surface area contributed by atoms with Crippen molar-refractivity contribution in [2.45, 2.75) is 25.2 Å². The van der Waals surface area contributed by atoms with Crippen LogP contribution in [0.25, 0.3) is 0 Å². The van der Waals surface area contributed by atoms with Gasteiger partial charge in [-0.3, -0.25) is 0 Å². The van der Waals surface area contributed by atoms with Crippen LogP contribution in [0.3, 0.4) is 0 Å². The predicted octanol–water partition coefficient (Wildman–Crippen LogP) is 0.985. The molecular weight excluding hydrogens is 190 g/mol. The average molecular weight is 209 g/mol. The largest absolute Gasteiger partial charge is 0.445 e. The molecule has 1 aliphatic rings. The summed E-state index contributed by atoms with van der Waals surface area (Å²) in [5, 5.41) is 0. The van der Waals surface area contributed by atoms with Crippen molar-refractivity contribution < 1.29 is 4.42 Å². The second-order valence-electron chi connectivity index (χ2n) is 4.28. The quantitative estimate of drug-likeness (QED) is 0.806. The van der Waals surface area contributed by atoms with E-state index in [4.69, 9.17) is 10.2 Å². The van der Waals surface area contributed by atoms with E-state index in [9.17, 15) is 0 Å². The maximum atomic E-state index is 5.69. The number of rotatable bonds is 3. The fraction of sp³-hybridized carbons (Fsp3) is 0.727. The summed E-state index contributed by atoms with van der Waals surface area (Å²) in [7, 11) is 2.16. The molecule has 0 bridgehead atoms. The number of nitrogens with zero attached hydrogens (tertiary/aromatic N) is 2. The maximum absolute atomic E-state index is 5.69. The van der Waals surface area contributed by atoms with Crippen LogP contribution < -0.4 is 5.73 Å². The Kier molecular flexibility index (Phi) is 3.38. The summed E-state index contributed by atoms with van der Waals surface area (Å²) < 4.78 is 5.69. The Morgan fingerprint density at radius 1 is 1.53 bits per heavy atom. The first-order valence-corrected chi connectivity index (χ1v) is 5.63. The summed E-state index contributed by atoms with van der Waals surface area (Å²) in [4.78, 5) is 6.69. The van der Waals surface area contributed by atoms with Gasteiger partial charge in [-0.2, -0.15) is 0 Å². The van der Waals surface area contributed by atoms with E-state index < -0.39 is 0 Å². The van der Waals surface area contributed by atoms with Gasteiger partial charge in [0.25, 0.3) is 0 Å². The van der Waals surface area contributed by atoms with Crippen LogP contribution in [0.15, 0.2) is 10.6 Å². The molecular formula is C11H19N3O. The van der Waals surface area contributed by atoms with Gasteiger partial charge in [-0.15, -0.1) is 0 Å². The van der Waals surface area contributed by atoms with Crippen molar-refractivity contribution in [3.05, 3.63) is 17.8 Å². The van der Waals surface area contributed by atoms with E-state index in [2.05, 4.69) is 16.9 Å². The fourth-order valence-corrected chi connectivity index (χ4v) is 2.02. The Morgan fingerprint density at radius 3 is 2.93 bits per heavy atom. The molecule has 0 aliphatic carbocycles. The second kappa shape index (κ2) is 4.77. The Morgan fingerprint density at radius 2 is 2.27 bits per heavy atom. The highest BCUT2D eigenvalue weighted by Gasteiger charge is 2.22. The van der Waals surface area contributed by atoms with Gasteiger partial charge in [0.05, 0.1) is 6.20 Å². The lowest BCUT2D eigenvalue weighted by molar-refractivity contribution is 0.235. The van der Waals surface area contributed by atoms with Crippen molar-refractivity contribution in [1.82, 2.24) is 9.88 Å². The molecule has 1 saturated heterocycles. The van der Waals surface area contributed by atoms with E-state index in [1.807, 2.05) is 6.20 Å². The Hall–Kier alpha value is -0.870. The summed E-state index contributed by atoms with van der Waals surface area (Å²) >= 11 is 0. The van der Waals surface area contributed by atoms with Crippen LogP contribution in [0.1, 0.15) is 30.4 Å². The third-order valence-electron chi connectivity index (χ3n) is 3.03. The van der Waals surface area contributed by atoms with Gasteiger partial charge in [0, 0.05) is 12.3 Å². The molecule has 4 heteroatoms. The lowest BCUT2D eigenvalue weighted by atomic mass is 9.97. The summed E-state index contributed by atoms with van der Waals surface area (Å²) in [6.45, 7) is 2.90. The molecule has 1 aromatic rings. The van der Waals surface area contributed by atoms with Crippen molar-refractivity contribution >= 4 is 0 Å². The number of oxazole rings is 1. The third kappa shape index (κ3) is 2.58. The molecule has 0 saturated carbocycles. The van der Waals surface area contributed by atoms with E-state index >= 15 is 0 Å². The van der Waals surface area contributed by atoms with Crippen LogP contribution in [0.5, 0.6) is 0 Å². The summed E-state index contributed by atoms with van der Waals surface area (Å²) in [6.07, 6.45) is 4.91. The summed E-state index contributed by atoms with van der Waals surface area (Å²) in [5.41, 5.74) is 5.47. The molecule has 0 aromatic carbocycles. The molecule has 2 rings (SSSR count). The molecule has 1 aromatic heterocycles. The van der Waals surface area contributed by atoms with Crippen LogP contribution in [0.4, 0.5) is 0 Å². The van der Waals surface area contributed by atoms with Crippen LogP contribution in [-0.2, 0) is 6.42 Å². The van der Waals surface area contributed by atoms with Gasteiger partial charge in [0.1, 0.15) is 5.76 Å². The standard InChI is InChI=1S/C11H19N3O/c1-14-6-3-9(4-7-14)11-13-8-10(15-11)2-5-12/h8-9H,2-7,12H2,1H3. The van der Waals surface area contributed by atoms with Crippen molar-refractivity contribution in [2.24, 2.45) is 5.73 Å². The van der Waals surface area contributed by atoms with Crippen molar-refractivity contribution in [2.75, 3.05) is 26.7 Å². The van der Waals surface area contributed by atoms with Gasteiger partial charge in [-0.05, 0) is 39.5 Å². The maximum Gasteiger partial charge on any atom is 0.197 e. The zero-order chi connectivity index (χ0) is 10.7. The monoisotopic (exact) mass is 209 g/mol. The van der Waals surface area contributed by atoms with Gasteiger partial charge < -0.3 is 15.1 Å². The minimum absolute atomic E-state index is 0.507. The van der Waals surface area contributed by atoms with Gasteiger partial charge in [-0.1, -0.05) is 0 Å². The second-order valence-corrected chi connectivity index (χ2v) is 4.28. The molecule has 2 heterocycles. The Bertz CT molecular complexity index is 303. The third-order valence-corrected chi connectivity index (χ3v) is 3.03.